The van der Waals surface area contributed by atoms with Crippen LogP contribution in [0.3, 0.4) is 0 Å². The molecule has 6 nitrogen and oxygen atoms in total. The van der Waals surface area contributed by atoms with E-state index in [9.17, 15) is 13.2 Å². The molecule has 0 radical (unpaired) electrons. The van der Waals surface area contributed by atoms with Crippen LogP contribution in [-0.4, -0.2) is 39.3 Å². The van der Waals surface area contributed by atoms with E-state index in [1.807, 2.05) is 18.2 Å². The molecule has 2 N–H and O–H groups in total. The van der Waals surface area contributed by atoms with Crippen LogP contribution in [0.5, 0.6) is 0 Å². The lowest BCUT2D eigenvalue weighted by Crippen LogP contribution is -2.22. The van der Waals surface area contributed by atoms with Crippen molar-refractivity contribution in [3.63, 3.8) is 0 Å². The first-order valence-corrected chi connectivity index (χ1v) is 9.03. The van der Waals surface area contributed by atoms with Crippen LogP contribution in [0.1, 0.15) is 15.9 Å². The van der Waals surface area contributed by atoms with E-state index in [0.717, 1.165) is 34.2 Å². The van der Waals surface area contributed by atoms with E-state index >= 15 is 0 Å². The summed E-state index contributed by atoms with van der Waals surface area (Å²) in [5.74, 6) is -0.260. The monoisotopic (exact) mass is 345 g/mol. The third-order valence-corrected chi connectivity index (χ3v) is 5.84. The van der Waals surface area contributed by atoms with Crippen LogP contribution in [0.4, 0.5) is 11.4 Å². The fraction of sp³-hybridized carbons (Fsp3) is 0.235. The quantitative estimate of drug-likeness (QED) is 0.890. The first-order chi connectivity index (χ1) is 11.4. The molecule has 0 unspecified atom stereocenters. The lowest BCUT2D eigenvalue weighted by molar-refractivity contribution is 0.102. The maximum absolute atomic E-state index is 12.4. The molecule has 0 aromatic heterocycles. The number of nitrogens with zero attached hydrogens (tertiary/aromatic N) is 1. The fourth-order valence-electron chi connectivity index (χ4n) is 2.64. The molecular weight excluding hydrogens is 326 g/mol. The molecule has 7 heteroatoms. The summed E-state index contributed by atoms with van der Waals surface area (Å²) in [6.07, 6.45) is 0.867. The molecule has 3 rings (SSSR count). The van der Waals surface area contributed by atoms with Gasteiger partial charge in [-0.1, -0.05) is 6.07 Å². The van der Waals surface area contributed by atoms with E-state index in [-0.39, 0.29) is 10.8 Å². The molecule has 24 heavy (non-hydrogen) atoms. The molecule has 2 aromatic carbocycles. The van der Waals surface area contributed by atoms with Crippen molar-refractivity contribution in [3.8, 4) is 0 Å². The molecule has 0 fully saturated rings. The number of amides is 1. The highest BCUT2D eigenvalue weighted by molar-refractivity contribution is 7.89. The minimum absolute atomic E-state index is 0.161. The van der Waals surface area contributed by atoms with E-state index in [4.69, 9.17) is 0 Å². The Balaban J connectivity index is 1.81. The Labute approximate surface area is 141 Å². The topological polar surface area (TPSA) is 78.5 Å². The average molecular weight is 345 g/mol. The second-order valence-electron chi connectivity index (χ2n) is 5.77. The number of fused-ring (bicyclic) bond motifs is 1. The first-order valence-electron chi connectivity index (χ1n) is 7.59. The fourth-order valence-corrected chi connectivity index (χ4v) is 3.55. The first kappa shape index (κ1) is 16.5. The average Bonchev–Trinajstić information content (AvgIpc) is 3.04. The van der Waals surface area contributed by atoms with Gasteiger partial charge in [0.25, 0.3) is 5.91 Å². The number of anilines is 2. The molecule has 1 heterocycles. The molecule has 2 aromatic rings. The maximum atomic E-state index is 12.4. The van der Waals surface area contributed by atoms with Crippen LogP contribution in [0.15, 0.2) is 47.4 Å². The molecule has 0 spiro atoms. The van der Waals surface area contributed by atoms with Gasteiger partial charge in [-0.2, -0.15) is 0 Å². The Morgan fingerprint density at radius 2 is 1.83 bits per heavy atom. The van der Waals surface area contributed by atoms with Crippen molar-refractivity contribution in [2.45, 2.75) is 11.3 Å². The van der Waals surface area contributed by atoms with Gasteiger partial charge in [-0.15, -0.1) is 0 Å². The number of carbonyl (C=O) groups is 1. The standard InChI is InChI=1S/C17H19N3O3S/c1-20(2)24(22,23)13-8-6-12(7-9-13)17(21)19-16-5-3-4-15-14(16)10-11-18-15/h3-9,18H,10-11H2,1-2H3,(H,19,21). The van der Waals surface area contributed by atoms with E-state index in [2.05, 4.69) is 10.6 Å². The summed E-state index contributed by atoms with van der Waals surface area (Å²) in [6.45, 7) is 0.860. The van der Waals surface area contributed by atoms with Gasteiger partial charge in [-0.05, 0) is 42.8 Å². The normalized spacial score (nSPS) is 13.5. The van der Waals surface area contributed by atoms with Crippen molar-refractivity contribution in [3.05, 3.63) is 53.6 Å². The predicted molar refractivity (Wildman–Crippen MR) is 93.9 cm³/mol. The number of rotatable bonds is 4. The third-order valence-electron chi connectivity index (χ3n) is 4.01. The molecular formula is C17H19N3O3S. The van der Waals surface area contributed by atoms with Crippen LogP contribution in [-0.2, 0) is 16.4 Å². The second kappa shape index (κ2) is 6.26. The van der Waals surface area contributed by atoms with Gasteiger partial charge in [0.2, 0.25) is 10.0 Å². The number of sulfonamides is 1. The second-order valence-corrected chi connectivity index (χ2v) is 7.93. The van der Waals surface area contributed by atoms with E-state index in [1.54, 1.807) is 0 Å². The van der Waals surface area contributed by atoms with Crippen molar-refractivity contribution < 1.29 is 13.2 Å². The van der Waals surface area contributed by atoms with E-state index < -0.39 is 10.0 Å². The summed E-state index contributed by atoms with van der Waals surface area (Å²) < 4.78 is 25.2. The largest absolute Gasteiger partial charge is 0.384 e. The van der Waals surface area contributed by atoms with Gasteiger partial charge in [0, 0.05) is 43.1 Å². The zero-order chi connectivity index (χ0) is 17.3. The van der Waals surface area contributed by atoms with Gasteiger partial charge in [0.05, 0.1) is 4.90 Å². The molecule has 0 saturated carbocycles. The molecule has 126 valence electrons. The molecule has 0 aliphatic carbocycles. The van der Waals surface area contributed by atoms with Crippen molar-refractivity contribution in [1.82, 2.24) is 4.31 Å². The molecule has 0 atom stereocenters. The molecule has 1 aliphatic heterocycles. The van der Waals surface area contributed by atoms with Crippen LogP contribution in [0, 0.1) is 0 Å². The molecule has 1 aliphatic rings. The van der Waals surface area contributed by atoms with Crippen molar-refractivity contribution in [2.24, 2.45) is 0 Å². The van der Waals surface area contributed by atoms with Crippen LogP contribution >= 0.6 is 0 Å². The van der Waals surface area contributed by atoms with Gasteiger partial charge in [-0.3, -0.25) is 4.79 Å². The number of hydrogen-bond donors (Lipinski definition) is 2. The predicted octanol–water partition coefficient (Wildman–Crippen LogP) is 2.16. The summed E-state index contributed by atoms with van der Waals surface area (Å²) in [5.41, 5.74) is 3.33. The van der Waals surface area contributed by atoms with Crippen molar-refractivity contribution in [1.29, 1.82) is 0 Å². The van der Waals surface area contributed by atoms with Gasteiger partial charge < -0.3 is 10.6 Å². The SMILES string of the molecule is CN(C)S(=O)(=O)c1ccc(C(=O)Nc2cccc3c2CCN3)cc1. The van der Waals surface area contributed by atoms with Crippen molar-refractivity contribution in [2.75, 3.05) is 31.3 Å². The Morgan fingerprint density at radius 1 is 1.12 bits per heavy atom. The smallest absolute Gasteiger partial charge is 0.255 e. The Hall–Kier alpha value is -2.38. The minimum atomic E-state index is -3.49. The van der Waals surface area contributed by atoms with E-state index in [0.29, 0.717) is 5.56 Å². The third kappa shape index (κ3) is 3.00. The van der Waals surface area contributed by atoms with Crippen LogP contribution < -0.4 is 10.6 Å². The Kier molecular flexibility index (Phi) is 4.29. The maximum Gasteiger partial charge on any atom is 0.255 e. The summed E-state index contributed by atoms with van der Waals surface area (Å²) in [4.78, 5) is 12.6. The Morgan fingerprint density at radius 3 is 2.50 bits per heavy atom. The highest BCUT2D eigenvalue weighted by Crippen LogP contribution is 2.29. The molecule has 1 amide bonds. The highest BCUT2D eigenvalue weighted by Gasteiger charge is 2.19. The Bertz CT molecular complexity index is 874. The van der Waals surface area contributed by atoms with Crippen molar-refractivity contribution >= 4 is 27.3 Å². The summed E-state index contributed by atoms with van der Waals surface area (Å²) in [7, 11) is -0.549. The zero-order valence-electron chi connectivity index (χ0n) is 13.5. The van der Waals surface area contributed by atoms with Gasteiger partial charge in [-0.25, -0.2) is 12.7 Å². The summed E-state index contributed by atoms with van der Waals surface area (Å²) >= 11 is 0. The van der Waals surface area contributed by atoms with Crippen LogP contribution in [0.25, 0.3) is 0 Å². The number of hydrogen-bond acceptors (Lipinski definition) is 4. The van der Waals surface area contributed by atoms with E-state index in [1.165, 1.54) is 38.4 Å². The van der Waals surface area contributed by atoms with Gasteiger partial charge in [0.1, 0.15) is 0 Å². The van der Waals surface area contributed by atoms with Crippen LogP contribution in [0.2, 0.25) is 0 Å². The lowest BCUT2D eigenvalue weighted by Gasteiger charge is -2.12. The highest BCUT2D eigenvalue weighted by atomic mass is 32.2. The summed E-state index contributed by atoms with van der Waals surface area (Å²) in [5, 5.41) is 6.17. The number of benzene rings is 2. The zero-order valence-corrected chi connectivity index (χ0v) is 14.4. The van der Waals surface area contributed by atoms with Gasteiger partial charge in [0.15, 0.2) is 0 Å². The molecule has 0 saturated heterocycles. The number of carbonyl (C=O) groups excluding carboxylic acids is 1. The summed E-state index contributed by atoms with van der Waals surface area (Å²) in [6, 6.07) is 11.7. The minimum Gasteiger partial charge on any atom is -0.384 e. The number of nitrogens with one attached hydrogen (secondary N) is 2. The van der Waals surface area contributed by atoms with Gasteiger partial charge >= 0.3 is 0 Å². The molecule has 0 bridgehead atoms. The lowest BCUT2D eigenvalue weighted by atomic mass is 10.1.